The first-order chi connectivity index (χ1) is 12.4. The SMILES string of the molecule is CN=C(NCCC(=O)NC1CCS(=O)(=O)C1)NCC(C)Cc1cccs1. The van der Waals surface area contributed by atoms with Crippen LogP contribution >= 0.6 is 11.3 Å². The van der Waals surface area contributed by atoms with E-state index in [9.17, 15) is 13.2 Å². The lowest BCUT2D eigenvalue weighted by Crippen LogP contribution is -2.42. The molecule has 0 bridgehead atoms. The average molecular weight is 401 g/mol. The van der Waals surface area contributed by atoms with Gasteiger partial charge in [0.1, 0.15) is 0 Å². The first kappa shape index (κ1) is 20.7. The maximum atomic E-state index is 11.9. The van der Waals surface area contributed by atoms with Crippen LogP contribution in [0.2, 0.25) is 0 Å². The van der Waals surface area contributed by atoms with Crippen molar-refractivity contribution in [3.8, 4) is 0 Å². The van der Waals surface area contributed by atoms with Crippen molar-refractivity contribution in [2.24, 2.45) is 10.9 Å². The highest BCUT2D eigenvalue weighted by Gasteiger charge is 2.28. The minimum absolute atomic E-state index is 0.0531. The van der Waals surface area contributed by atoms with E-state index in [2.05, 4.69) is 45.4 Å². The third-order valence-corrected chi connectivity index (χ3v) is 6.88. The van der Waals surface area contributed by atoms with Gasteiger partial charge in [0.05, 0.1) is 11.5 Å². The molecule has 0 aromatic carbocycles. The van der Waals surface area contributed by atoms with E-state index in [0.717, 1.165) is 13.0 Å². The van der Waals surface area contributed by atoms with Crippen molar-refractivity contribution in [3.05, 3.63) is 22.4 Å². The van der Waals surface area contributed by atoms with Crippen LogP contribution in [0.25, 0.3) is 0 Å². The maximum Gasteiger partial charge on any atom is 0.222 e. The molecule has 1 aromatic heterocycles. The molecule has 2 atom stereocenters. The zero-order valence-electron chi connectivity index (χ0n) is 15.3. The van der Waals surface area contributed by atoms with Gasteiger partial charge in [-0.05, 0) is 30.2 Å². The number of rotatable bonds is 8. The van der Waals surface area contributed by atoms with Crippen molar-refractivity contribution in [1.82, 2.24) is 16.0 Å². The topological polar surface area (TPSA) is 99.7 Å². The van der Waals surface area contributed by atoms with E-state index in [4.69, 9.17) is 0 Å². The zero-order valence-corrected chi connectivity index (χ0v) is 17.0. The third kappa shape index (κ3) is 7.33. The zero-order chi connectivity index (χ0) is 19.0. The molecule has 1 aliphatic heterocycles. The molecular formula is C17H28N4O3S2. The Morgan fingerprint density at radius 3 is 2.85 bits per heavy atom. The number of carbonyl (C=O) groups is 1. The molecule has 1 saturated heterocycles. The third-order valence-electron chi connectivity index (χ3n) is 4.21. The number of nitrogens with one attached hydrogen (secondary N) is 3. The van der Waals surface area contributed by atoms with E-state index in [1.807, 2.05) is 0 Å². The van der Waals surface area contributed by atoms with Crippen LogP contribution in [-0.4, -0.2) is 58.0 Å². The highest BCUT2D eigenvalue weighted by Crippen LogP contribution is 2.13. The van der Waals surface area contributed by atoms with E-state index in [1.54, 1.807) is 18.4 Å². The highest BCUT2D eigenvalue weighted by atomic mass is 32.2. The molecule has 0 aliphatic carbocycles. The lowest BCUT2D eigenvalue weighted by molar-refractivity contribution is -0.121. The van der Waals surface area contributed by atoms with Crippen LogP contribution in [0.4, 0.5) is 0 Å². The van der Waals surface area contributed by atoms with Gasteiger partial charge in [0, 0.05) is 37.5 Å². The number of sulfone groups is 1. The first-order valence-corrected chi connectivity index (χ1v) is 11.5. The Balaban J connectivity index is 1.61. The number of thiophene rings is 1. The van der Waals surface area contributed by atoms with Crippen molar-refractivity contribution in [2.45, 2.75) is 32.2 Å². The van der Waals surface area contributed by atoms with Gasteiger partial charge in [0.25, 0.3) is 0 Å². The Morgan fingerprint density at radius 2 is 2.23 bits per heavy atom. The predicted octanol–water partition coefficient (Wildman–Crippen LogP) is 0.785. The van der Waals surface area contributed by atoms with Gasteiger partial charge in [-0.2, -0.15) is 0 Å². The summed E-state index contributed by atoms with van der Waals surface area (Å²) in [5, 5.41) is 11.3. The van der Waals surface area contributed by atoms with Gasteiger partial charge in [0.15, 0.2) is 15.8 Å². The normalized spacial score (nSPS) is 20.5. The van der Waals surface area contributed by atoms with Crippen molar-refractivity contribution in [1.29, 1.82) is 0 Å². The van der Waals surface area contributed by atoms with Gasteiger partial charge in [-0.25, -0.2) is 8.42 Å². The van der Waals surface area contributed by atoms with Crippen LogP contribution in [0.15, 0.2) is 22.5 Å². The molecule has 2 rings (SSSR count). The summed E-state index contributed by atoms with van der Waals surface area (Å²) in [6, 6.07) is 3.96. The number of amides is 1. The molecule has 2 unspecified atom stereocenters. The second-order valence-corrected chi connectivity index (χ2v) is 9.95. The number of nitrogens with zero attached hydrogens (tertiary/aromatic N) is 1. The molecule has 1 amide bonds. The summed E-state index contributed by atoms with van der Waals surface area (Å²) in [5.74, 6) is 1.22. The average Bonchev–Trinajstić information content (AvgIpc) is 3.20. The van der Waals surface area contributed by atoms with Crippen molar-refractivity contribution in [2.75, 3.05) is 31.6 Å². The van der Waals surface area contributed by atoms with Gasteiger partial charge in [0.2, 0.25) is 5.91 Å². The minimum atomic E-state index is -2.97. The fourth-order valence-electron chi connectivity index (χ4n) is 2.84. The summed E-state index contributed by atoms with van der Waals surface area (Å²) in [7, 11) is -1.28. The molecule has 1 fully saturated rings. The Hall–Kier alpha value is -1.61. The smallest absolute Gasteiger partial charge is 0.222 e. The molecule has 3 N–H and O–H groups in total. The van der Waals surface area contributed by atoms with Gasteiger partial charge < -0.3 is 16.0 Å². The Kier molecular flexibility index (Phi) is 7.89. The lowest BCUT2D eigenvalue weighted by atomic mass is 10.1. The molecule has 1 aromatic rings. The van der Waals surface area contributed by atoms with Crippen molar-refractivity contribution >= 4 is 33.0 Å². The number of aliphatic imine (C=N–C) groups is 1. The van der Waals surface area contributed by atoms with Gasteiger partial charge >= 0.3 is 0 Å². The molecule has 7 nitrogen and oxygen atoms in total. The molecule has 1 aliphatic rings. The second-order valence-electron chi connectivity index (χ2n) is 6.69. The van der Waals surface area contributed by atoms with Crippen LogP contribution in [0.3, 0.4) is 0 Å². The summed E-state index contributed by atoms with van der Waals surface area (Å²) in [6.07, 6.45) is 1.81. The molecule has 0 saturated carbocycles. The summed E-state index contributed by atoms with van der Waals surface area (Å²) >= 11 is 1.77. The quantitative estimate of drug-likeness (QED) is 0.442. The Labute approximate surface area is 159 Å². The molecule has 0 radical (unpaired) electrons. The number of guanidine groups is 1. The van der Waals surface area contributed by atoms with Crippen LogP contribution < -0.4 is 16.0 Å². The van der Waals surface area contributed by atoms with Crippen LogP contribution in [0.1, 0.15) is 24.6 Å². The first-order valence-electron chi connectivity index (χ1n) is 8.84. The van der Waals surface area contributed by atoms with Crippen LogP contribution in [-0.2, 0) is 21.1 Å². The monoisotopic (exact) mass is 400 g/mol. The molecule has 9 heteroatoms. The highest BCUT2D eigenvalue weighted by molar-refractivity contribution is 7.91. The van der Waals surface area contributed by atoms with Crippen LogP contribution in [0.5, 0.6) is 0 Å². The Morgan fingerprint density at radius 1 is 1.42 bits per heavy atom. The van der Waals surface area contributed by atoms with E-state index < -0.39 is 9.84 Å². The van der Waals surface area contributed by atoms with Crippen molar-refractivity contribution in [3.63, 3.8) is 0 Å². The number of carbonyl (C=O) groups excluding carboxylic acids is 1. The van der Waals surface area contributed by atoms with E-state index in [-0.39, 0.29) is 29.9 Å². The molecule has 146 valence electrons. The largest absolute Gasteiger partial charge is 0.356 e. The van der Waals surface area contributed by atoms with Gasteiger partial charge in [-0.3, -0.25) is 9.79 Å². The minimum Gasteiger partial charge on any atom is -0.356 e. The Bertz CT molecular complexity index is 702. The summed E-state index contributed by atoms with van der Waals surface area (Å²) in [6.45, 7) is 3.43. The van der Waals surface area contributed by atoms with Crippen molar-refractivity contribution < 1.29 is 13.2 Å². The summed E-state index contributed by atoms with van der Waals surface area (Å²) in [5.41, 5.74) is 0. The van der Waals surface area contributed by atoms with Gasteiger partial charge in [-0.1, -0.05) is 13.0 Å². The fourth-order valence-corrected chi connectivity index (χ4v) is 5.38. The fraction of sp³-hybridized carbons (Fsp3) is 0.647. The molecule has 0 spiro atoms. The maximum absolute atomic E-state index is 11.9. The van der Waals surface area contributed by atoms with E-state index >= 15 is 0 Å². The van der Waals surface area contributed by atoms with E-state index in [0.29, 0.717) is 24.8 Å². The standard InChI is InChI=1S/C17H28N4O3S2/c1-13(10-15-4-3-8-25-15)11-20-17(18-2)19-7-5-16(22)21-14-6-9-26(23,24)12-14/h3-4,8,13-14H,5-7,9-12H2,1-2H3,(H,21,22)(H2,18,19,20). The van der Waals surface area contributed by atoms with E-state index in [1.165, 1.54) is 4.88 Å². The van der Waals surface area contributed by atoms with Crippen LogP contribution in [0, 0.1) is 5.92 Å². The predicted molar refractivity (Wildman–Crippen MR) is 106 cm³/mol. The lowest BCUT2D eigenvalue weighted by Gasteiger charge is -2.16. The number of hydrogen-bond acceptors (Lipinski definition) is 5. The summed E-state index contributed by atoms with van der Waals surface area (Å²) < 4.78 is 22.8. The van der Waals surface area contributed by atoms with Gasteiger partial charge in [-0.15, -0.1) is 11.3 Å². The number of hydrogen-bond donors (Lipinski definition) is 3. The molecule has 2 heterocycles. The second kappa shape index (κ2) is 9.91. The molecule has 26 heavy (non-hydrogen) atoms. The molecular weight excluding hydrogens is 372 g/mol. The summed E-state index contributed by atoms with van der Waals surface area (Å²) in [4.78, 5) is 17.4.